The van der Waals surface area contributed by atoms with E-state index < -0.39 is 150 Å². The Hall–Kier alpha value is -6.16. The zero-order valence-corrected chi connectivity index (χ0v) is 48.8. The number of nitrogens with zero attached hydrogens (tertiary/aromatic N) is 4. The molecule has 1 aromatic rings. The average molecular weight is 1110 g/mol. The summed E-state index contributed by atoms with van der Waals surface area (Å²) < 4.78 is 17.2. The summed E-state index contributed by atoms with van der Waals surface area (Å²) in [6.07, 6.45) is -4.99. The van der Waals surface area contributed by atoms with E-state index in [0.717, 1.165) is 0 Å². The maximum Gasteiger partial charge on any atom is 0.329 e. The fraction of sp³-hybridized carbons (Fsp3) is 0.719. The van der Waals surface area contributed by atoms with Crippen molar-refractivity contribution in [2.45, 2.75) is 201 Å². The molecule has 3 heterocycles. The fourth-order valence-electron chi connectivity index (χ4n) is 10.5. The standard InChI is InChI=1S/C57H89N7O15/c1-15-33(8)46-44(66)29-45(67)79-49(32(6)7)48(68)34(9)50(69)58-39(26-30(2)3)54(73)64-25-17-19-41(64)56(75)62(13)43(28-37-20-22-38(77-14)23-21-37)57(76)78-36(11)47(52(71)59-46)60-51(70)42(27-31(4)5)61(12)55(74)40-18-16-24-63(40)53(72)35(10)65/h20-23,30-36,39-44,46-47,49,65-66H,15-19,24-29H2,1-14H3,(H,58,69)(H,59,71)(H,60,70)/t33-,34-,35-,36+,39+,40-,41-,42-,43-,44+,46+,47?,49-/m0/s1. The van der Waals surface area contributed by atoms with E-state index in [0.29, 0.717) is 30.6 Å². The first-order chi connectivity index (χ1) is 37.0. The molecule has 442 valence electrons. The van der Waals surface area contributed by atoms with Gasteiger partial charge in [-0.25, -0.2) is 4.79 Å². The number of benzene rings is 1. The Morgan fingerprint density at radius 1 is 0.861 bits per heavy atom. The Kier molecular flexibility index (Phi) is 24.3. The number of carbonyl (C=O) groups excluding carboxylic acids is 10. The van der Waals surface area contributed by atoms with Crippen molar-refractivity contribution < 1.29 is 72.4 Å². The van der Waals surface area contributed by atoms with Gasteiger partial charge in [-0.05, 0) is 101 Å². The van der Waals surface area contributed by atoms with Gasteiger partial charge < -0.3 is 60.0 Å². The van der Waals surface area contributed by atoms with Crippen LogP contribution >= 0.6 is 0 Å². The van der Waals surface area contributed by atoms with Crippen molar-refractivity contribution in [3.8, 4) is 5.75 Å². The number of methoxy groups -OCH3 is 1. The smallest absolute Gasteiger partial charge is 0.329 e. The highest BCUT2D eigenvalue weighted by molar-refractivity contribution is 6.05. The van der Waals surface area contributed by atoms with Gasteiger partial charge in [-0.2, -0.15) is 0 Å². The summed E-state index contributed by atoms with van der Waals surface area (Å²) in [5.74, 6) is -10.3. The van der Waals surface area contributed by atoms with E-state index in [1.807, 2.05) is 27.7 Å². The third-order valence-electron chi connectivity index (χ3n) is 15.5. The van der Waals surface area contributed by atoms with Crippen molar-refractivity contribution in [1.82, 2.24) is 35.6 Å². The molecule has 0 aliphatic carbocycles. The number of aliphatic hydroxyl groups excluding tert-OH is 2. The van der Waals surface area contributed by atoms with Crippen LogP contribution in [0.1, 0.15) is 133 Å². The van der Waals surface area contributed by atoms with Gasteiger partial charge in [0, 0.05) is 33.6 Å². The summed E-state index contributed by atoms with van der Waals surface area (Å²) in [6.45, 7) is 18.4. The van der Waals surface area contributed by atoms with Crippen molar-refractivity contribution in [3.63, 3.8) is 0 Å². The third kappa shape index (κ3) is 16.9. The number of hydrogen-bond acceptors (Lipinski definition) is 15. The second kappa shape index (κ2) is 29.3. The van der Waals surface area contributed by atoms with Crippen LogP contribution in [0.15, 0.2) is 24.3 Å². The summed E-state index contributed by atoms with van der Waals surface area (Å²) in [5, 5.41) is 30.2. The van der Waals surface area contributed by atoms with E-state index in [-0.39, 0.29) is 57.0 Å². The van der Waals surface area contributed by atoms with Crippen molar-refractivity contribution in [3.05, 3.63) is 29.8 Å². The van der Waals surface area contributed by atoms with Gasteiger partial charge in [0.1, 0.15) is 54.2 Å². The molecule has 1 unspecified atom stereocenters. The van der Waals surface area contributed by atoms with Gasteiger partial charge in [0.2, 0.25) is 35.4 Å². The van der Waals surface area contributed by atoms with Crippen molar-refractivity contribution in [1.29, 1.82) is 0 Å². The molecule has 0 bridgehead atoms. The van der Waals surface area contributed by atoms with E-state index in [4.69, 9.17) is 14.2 Å². The van der Waals surface area contributed by atoms with Crippen molar-refractivity contribution in [2.75, 3.05) is 34.3 Å². The maximum atomic E-state index is 15.0. The molecule has 3 aliphatic rings. The number of rotatable bonds is 15. The number of amides is 7. The zero-order valence-electron chi connectivity index (χ0n) is 48.8. The van der Waals surface area contributed by atoms with Crippen LogP contribution in [0.4, 0.5) is 0 Å². The molecule has 0 aromatic heterocycles. The van der Waals surface area contributed by atoms with Gasteiger partial charge in [0.05, 0.1) is 31.6 Å². The molecule has 22 nitrogen and oxygen atoms in total. The molecule has 22 heteroatoms. The lowest BCUT2D eigenvalue weighted by molar-refractivity contribution is -0.163. The van der Waals surface area contributed by atoms with Crippen LogP contribution in [0.5, 0.6) is 5.75 Å². The molecule has 3 aliphatic heterocycles. The molecular formula is C57H89N7O15. The van der Waals surface area contributed by atoms with Gasteiger partial charge in [0.15, 0.2) is 11.9 Å². The Bertz CT molecular complexity index is 2330. The topological polar surface area (TPSA) is 288 Å². The van der Waals surface area contributed by atoms with E-state index in [2.05, 4.69) is 16.0 Å². The number of nitrogens with one attached hydrogen (secondary N) is 3. The number of Topliss-reactive ketones (excluding diaryl/α,β-unsaturated/α-hetero) is 1. The van der Waals surface area contributed by atoms with Crippen LogP contribution < -0.4 is 20.7 Å². The van der Waals surface area contributed by atoms with Gasteiger partial charge in [-0.3, -0.25) is 43.2 Å². The number of aliphatic hydroxyl groups is 2. The normalized spacial score (nSPS) is 27.7. The molecular weight excluding hydrogens is 1020 g/mol. The van der Waals surface area contributed by atoms with Crippen molar-refractivity contribution in [2.24, 2.45) is 29.6 Å². The summed E-state index contributed by atoms with van der Waals surface area (Å²) >= 11 is 0. The monoisotopic (exact) mass is 1110 g/mol. The summed E-state index contributed by atoms with van der Waals surface area (Å²) in [7, 11) is 4.29. The molecule has 13 atom stereocenters. The highest BCUT2D eigenvalue weighted by atomic mass is 16.6. The lowest BCUT2D eigenvalue weighted by Crippen LogP contribution is -2.62. The van der Waals surface area contributed by atoms with Gasteiger partial charge >= 0.3 is 11.9 Å². The number of fused-ring (bicyclic) bond motifs is 1. The maximum absolute atomic E-state index is 15.0. The molecule has 5 N–H and O–H groups in total. The molecule has 1 aromatic carbocycles. The van der Waals surface area contributed by atoms with Crippen LogP contribution in [-0.2, 0) is 63.8 Å². The van der Waals surface area contributed by atoms with E-state index in [9.17, 15) is 53.4 Å². The predicted octanol–water partition coefficient (Wildman–Crippen LogP) is 2.32. The van der Waals surface area contributed by atoms with Crippen molar-refractivity contribution >= 4 is 59.1 Å². The average Bonchev–Trinajstić information content (AvgIpc) is 4.13. The quantitative estimate of drug-likeness (QED) is 0.124. The second-order valence-corrected chi connectivity index (χ2v) is 23.0. The number of likely N-dealkylation sites (tertiary alicyclic amines) is 1. The van der Waals surface area contributed by atoms with E-state index in [1.165, 1.54) is 61.6 Å². The number of ketones is 1. The summed E-state index contributed by atoms with van der Waals surface area (Å²) in [5.41, 5.74) is 0.571. The molecule has 0 radical (unpaired) electrons. The first-order valence-electron chi connectivity index (χ1n) is 28.0. The Labute approximate surface area is 465 Å². The molecule has 79 heavy (non-hydrogen) atoms. The second-order valence-electron chi connectivity index (χ2n) is 23.0. The minimum absolute atomic E-state index is 0.0720. The Morgan fingerprint density at radius 2 is 1.49 bits per heavy atom. The summed E-state index contributed by atoms with van der Waals surface area (Å²) in [4.78, 5) is 149. The highest BCUT2D eigenvalue weighted by Gasteiger charge is 2.46. The number of cyclic esters (lactones) is 2. The number of esters is 2. The zero-order chi connectivity index (χ0) is 59.3. The number of likely N-dealkylation sites (N-methyl/N-ethyl adjacent to an activating group) is 2. The first-order valence-corrected chi connectivity index (χ1v) is 28.0. The lowest BCUT2D eigenvalue weighted by Gasteiger charge is -2.36. The minimum Gasteiger partial charge on any atom is -0.497 e. The van der Waals surface area contributed by atoms with Crippen LogP contribution in [0, 0.1) is 29.6 Å². The number of carbonyl (C=O) groups is 10. The van der Waals surface area contributed by atoms with Gasteiger partial charge in [-0.1, -0.05) is 73.9 Å². The SMILES string of the molecule is CC[C@H](C)[C@H]1NC(=O)C(NC(=O)[C@H](CC(C)C)N(C)C(=O)[C@@H]2CCCN2C(=O)[C@H](C)O)[C@@H](C)OC(=O)[C@H](Cc2ccc(OC)cc2)N(C)C(=O)[C@@H]2CCCN2C(=O)[C@@H](CC(C)C)NC(=O)[C@@H](C)C(=O)[C@H](C(C)C)OC(=O)C[C@H]1O. The molecule has 7 amide bonds. The van der Waals surface area contributed by atoms with Gasteiger partial charge in [-0.15, -0.1) is 0 Å². The largest absolute Gasteiger partial charge is 0.497 e. The van der Waals surface area contributed by atoms with Crippen LogP contribution in [-0.4, -0.2) is 190 Å². The predicted molar refractivity (Wildman–Crippen MR) is 290 cm³/mol. The minimum atomic E-state index is -1.76. The lowest BCUT2D eigenvalue weighted by atomic mass is 9.91. The van der Waals surface area contributed by atoms with Crippen LogP contribution in [0.3, 0.4) is 0 Å². The molecule has 0 spiro atoms. The summed E-state index contributed by atoms with van der Waals surface area (Å²) in [6, 6.07) is -2.19. The van der Waals surface area contributed by atoms with Crippen LogP contribution in [0.2, 0.25) is 0 Å². The number of hydrogen-bond donors (Lipinski definition) is 5. The van der Waals surface area contributed by atoms with Gasteiger partial charge in [0.25, 0.3) is 5.91 Å². The van der Waals surface area contributed by atoms with E-state index >= 15 is 4.79 Å². The fourth-order valence-corrected chi connectivity index (χ4v) is 10.5. The Balaban J connectivity index is 1.89. The highest BCUT2D eigenvalue weighted by Crippen LogP contribution is 2.27. The van der Waals surface area contributed by atoms with Crippen LogP contribution in [0.25, 0.3) is 0 Å². The first kappa shape index (κ1) is 65.4. The molecule has 4 rings (SSSR count). The molecule has 3 saturated heterocycles. The third-order valence-corrected chi connectivity index (χ3v) is 15.5. The van der Waals surface area contributed by atoms with E-state index in [1.54, 1.807) is 52.0 Å². The Morgan fingerprint density at radius 3 is 2.06 bits per heavy atom. The number of ether oxygens (including phenoxy) is 3. The molecule has 0 saturated carbocycles. The molecule has 3 fully saturated rings.